The predicted octanol–water partition coefficient (Wildman–Crippen LogP) is 1.51. The molecule has 6 nitrogen and oxygen atoms in total. The van der Waals surface area contributed by atoms with Crippen molar-refractivity contribution in [3.8, 4) is 5.88 Å². The second-order valence-corrected chi connectivity index (χ2v) is 5.22. The molecule has 3 rings (SSSR count). The number of rotatable bonds is 4. The molecule has 108 valence electrons. The largest absolute Gasteiger partial charge is 0.481 e. The fourth-order valence-electron chi connectivity index (χ4n) is 2.76. The van der Waals surface area contributed by atoms with E-state index in [2.05, 4.69) is 14.9 Å². The lowest BCUT2D eigenvalue weighted by atomic mass is 10.1. The van der Waals surface area contributed by atoms with Crippen molar-refractivity contribution in [1.82, 2.24) is 19.4 Å². The molecule has 0 spiro atoms. The van der Waals surface area contributed by atoms with E-state index in [4.69, 9.17) is 10.5 Å². The Labute approximate surface area is 118 Å². The molecule has 0 bridgehead atoms. The van der Waals surface area contributed by atoms with Gasteiger partial charge >= 0.3 is 0 Å². The third-order valence-corrected chi connectivity index (χ3v) is 3.89. The van der Waals surface area contributed by atoms with Gasteiger partial charge in [-0.15, -0.1) is 0 Å². The summed E-state index contributed by atoms with van der Waals surface area (Å²) in [6, 6.07) is 3.71. The quantitative estimate of drug-likeness (QED) is 0.916. The van der Waals surface area contributed by atoms with Crippen LogP contribution in [0.3, 0.4) is 0 Å². The first-order valence-corrected chi connectivity index (χ1v) is 7.17. The number of methoxy groups -OCH3 is 1. The Morgan fingerprint density at radius 2 is 1.95 bits per heavy atom. The number of imidazole rings is 1. The van der Waals surface area contributed by atoms with Crippen molar-refractivity contribution in [2.24, 2.45) is 0 Å². The Bertz CT molecular complexity index is 589. The summed E-state index contributed by atoms with van der Waals surface area (Å²) in [6.07, 6.45) is 3.95. The third kappa shape index (κ3) is 2.56. The van der Waals surface area contributed by atoms with E-state index in [0.29, 0.717) is 11.8 Å². The van der Waals surface area contributed by atoms with E-state index in [-0.39, 0.29) is 0 Å². The van der Waals surface area contributed by atoms with Crippen molar-refractivity contribution in [2.45, 2.75) is 25.8 Å². The molecule has 0 atom stereocenters. The molecule has 1 aliphatic rings. The van der Waals surface area contributed by atoms with E-state index in [1.807, 2.05) is 16.7 Å². The maximum atomic E-state index is 6.01. The molecular weight excluding hydrogens is 254 g/mol. The van der Waals surface area contributed by atoms with Gasteiger partial charge in [0.15, 0.2) is 5.65 Å². The van der Waals surface area contributed by atoms with Crippen LogP contribution >= 0.6 is 0 Å². The first kappa shape index (κ1) is 13.2. The SMILES string of the molecule is COc1ccc2nc(N)n(CCN3CCCCC3)c2n1. The van der Waals surface area contributed by atoms with Crippen molar-refractivity contribution >= 4 is 17.1 Å². The summed E-state index contributed by atoms with van der Waals surface area (Å²) in [4.78, 5) is 11.3. The predicted molar refractivity (Wildman–Crippen MR) is 78.8 cm³/mol. The summed E-state index contributed by atoms with van der Waals surface area (Å²) < 4.78 is 7.16. The molecule has 0 radical (unpaired) electrons. The van der Waals surface area contributed by atoms with Crippen LogP contribution in [0.2, 0.25) is 0 Å². The van der Waals surface area contributed by atoms with Crippen LogP contribution in [-0.4, -0.2) is 46.2 Å². The Hall–Kier alpha value is -1.82. The van der Waals surface area contributed by atoms with Gasteiger partial charge in [-0.1, -0.05) is 6.42 Å². The zero-order valence-electron chi connectivity index (χ0n) is 11.9. The minimum Gasteiger partial charge on any atom is -0.481 e. The van der Waals surface area contributed by atoms with Crippen LogP contribution in [0.4, 0.5) is 5.95 Å². The molecular formula is C14H21N5O. The van der Waals surface area contributed by atoms with Gasteiger partial charge in [-0.05, 0) is 32.0 Å². The first-order valence-electron chi connectivity index (χ1n) is 7.17. The minimum atomic E-state index is 0.526. The molecule has 1 aliphatic heterocycles. The number of likely N-dealkylation sites (tertiary alicyclic amines) is 1. The number of nitrogens with two attached hydrogens (primary N) is 1. The lowest BCUT2D eigenvalue weighted by molar-refractivity contribution is 0.222. The van der Waals surface area contributed by atoms with Crippen molar-refractivity contribution in [1.29, 1.82) is 0 Å². The van der Waals surface area contributed by atoms with Crippen LogP contribution in [0.5, 0.6) is 5.88 Å². The monoisotopic (exact) mass is 275 g/mol. The molecule has 0 unspecified atom stereocenters. The van der Waals surface area contributed by atoms with Gasteiger partial charge in [0, 0.05) is 19.2 Å². The number of pyridine rings is 1. The highest BCUT2D eigenvalue weighted by atomic mass is 16.5. The van der Waals surface area contributed by atoms with Gasteiger partial charge in [0.25, 0.3) is 0 Å². The summed E-state index contributed by atoms with van der Waals surface area (Å²) in [5.41, 5.74) is 7.64. The minimum absolute atomic E-state index is 0.526. The number of nitrogen functional groups attached to an aromatic ring is 1. The number of ether oxygens (including phenoxy) is 1. The number of hydrogen-bond acceptors (Lipinski definition) is 5. The van der Waals surface area contributed by atoms with E-state index >= 15 is 0 Å². The van der Waals surface area contributed by atoms with Crippen molar-refractivity contribution < 1.29 is 4.74 Å². The third-order valence-electron chi connectivity index (χ3n) is 3.89. The molecule has 0 aromatic carbocycles. The van der Waals surface area contributed by atoms with Crippen LogP contribution in [0, 0.1) is 0 Å². The van der Waals surface area contributed by atoms with Crippen LogP contribution in [0.15, 0.2) is 12.1 Å². The average Bonchev–Trinajstić information content (AvgIpc) is 2.80. The molecule has 1 saturated heterocycles. The Balaban J connectivity index is 1.80. The molecule has 0 saturated carbocycles. The van der Waals surface area contributed by atoms with Gasteiger partial charge in [-0.25, -0.2) is 4.98 Å². The maximum Gasteiger partial charge on any atom is 0.215 e. The highest BCUT2D eigenvalue weighted by Crippen LogP contribution is 2.19. The number of nitrogens with zero attached hydrogens (tertiary/aromatic N) is 4. The van der Waals surface area contributed by atoms with Crippen molar-refractivity contribution in [3.05, 3.63) is 12.1 Å². The highest BCUT2D eigenvalue weighted by Gasteiger charge is 2.14. The molecule has 20 heavy (non-hydrogen) atoms. The normalized spacial score (nSPS) is 16.6. The van der Waals surface area contributed by atoms with Crippen LogP contribution in [-0.2, 0) is 6.54 Å². The van der Waals surface area contributed by atoms with E-state index in [1.54, 1.807) is 7.11 Å². The van der Waals surface area contributed by atoms with Gasteiger partial charge in [-0.3, -0.25) is 4.57 Å². The zero-order chi connectivity index (χ0) is 13.9. The Morgan fingerprint density at radius 1 is 1.15 bits per heavy atom. The van der Waals surface area contributed by atoms with E-state index in [0.717, 1.165) is 24.3 Å². The molecule has 3 heterocycles. The second kappa shape index (κ2) is 5.66. The van der Waals surface area contributed by atoms with Gasteiger partial charge < -0.3 is 15.4 Å². The topological polar surface area (TPSA) is 69.2 Å². The van der Waals surface area contributed by atoms with Gasteiger partial charge in [0.05, 0.1) is 7.11 Å². The number of piperidine rings is 1. The molecule has 2 N–H and O–H groups in total. The summed E-state index contributed by atoms with van der Waals surface area (Å²) in [5.74, 6) is 1.12. The Morgan fingerprint density at radius 3 is 2.70 bits per heavy atom. The van der Waals surface area contributed by atoms with E-state index in [9.17, 15) is 0 Å². The van der Waals surface area contributed by atoms with E-state index in [1.165, 1.54) is 32.4 Å². The van der Waals surface area contributed by atoms with Crippen molar-refractivity contribution in [3.63, 3.8) is 0 Å². The smallest absolute Gasteiger partial charge is 0.215 e. The van der Waals surface area contributed by atoms with Gasteiger partial charge in [0.2, 0.25) is 11.8 Å². The molecule has 6 heteroatoms. The van der Waals surface area contributed by atoms with E-state index < -0.39 is 0 Å². The number of aromatic nitrogens is 3. The second-order valence-electron chi connectivity index (χ2n) is 5.22. The average molecular weight is 275 g/mol. The fourth-order valence-corrected chi connectivity index (χ4v) is 2.76. The maximum absolute atomic E-state index is 6.01. The molecule has 2 aromatic rings. The highest BCUT2D eigenvalue weighted by molar-refractivity contribution is 5.74. The lowest BCUT2D eigenvalue weighted by Gasteiger charge is -2.26. The summed E-state index contributed by atoms with van der Waals surface area (Å²) in [6.45, 7) is 4.18. The molecule has 0 amide bonds. The molecule has 2 aromatic heterocycles. The van der Waals surface area contributed by atoms with Gasteiger partial charge in [-0.2, -0.15) is 4.98 Å². The lowest BCUT2D eigenvalue weighted by Crippen LogP contribution is -2.32. The molecule has 0 aliphatic carbocycles. The van der Waals surface area contributed by atoms with Crippen molar-refractivity contribution in [2.75, 3.05) is 32.5 Å². The number of anilines is 1. The zero-order valence-corrected chi connectivity index (χ0v) is 11.9. The molecule has 1 fully saturated rings. The first-order chi connectivity index (χ1) is 9.78. The van der Waals surface area contributed by atoms with Gasteiger partial charge in [0.1, 0.15) is 5.52 Å². The number of hydrogen-bond donors (Lipinski definition) is 1. The fraction of sp³-hybridized carbons (Fsp3) is 0.571. The summed E-state index contributed by atoms with van der Waals surface area (Å²) in [7, 11) is 1.62. The van der Waals surface area contributed by atoms with Crippen LogP contribution in [0.25, 0.3) is 11.2 Å². The van der Waals surface area contributed by atoms with Crippen LogP contribution < -0.4 is 10.5 Å². The van der Waals surface area contributed by atoms with Crippen LogP contribution in [0.1, 0.15) is 19.3 Å². The standard InChI is InChI=1S/C14H21N5O/c1-20-12-6-5-11-13(17-12)19(14(15)16-11)10-9-18-7-3-2-4-8-18/h5-6H,2-4,7-10H2,1H3,(H2,15,16). The number of fused-ring (bicyclic) bond motifs is 1. The summed E-state index contributed by atoms with van der Waals surface area (Å²) in [5, 5.41) is 0. The summed E-state index contributed by atoms with van der Waals surface area (Å²) >= 11 is 0. The Kier molecular flexibility index (Phi) is 3.73.